The van der Waals surface area contributed by atoms with Crippen LogP contribution in [0.15, 0.2) is 18.2 Å². The van der Waals surface area contributed by atoms with E-state index in [1.165, 1.54) is 12.8 Å². The fourth-order valence-corrected chi connectivity index (χ4v) is 4.70. The van der Waals surface area contributed by atoms with Crippen molar-refractivity contribution in [2.24, 2.45) is 5.92 Å². The first-order valence-corrected chi connectivity index (χ1v) is 11.7. The second-order valence-electron chi connectivity index (χ2n) is 8.73. The van der Waals surface area contributed by atoms with E-state index in [0.717, 1.165) is 62.3 Å². The predicted octanol–water partition coefficient (Wildman–Crippen LogP) is 3.42. The Balaban J connectivity index is 1.23. The highest BCUT2D eigenvalue weighted by molar-refractivity contribution is 5.80. The molecule has 6 nitrogen and oxygen atoms in total. The number of hydrogen-bond donors (Lipinski definition) is 0. The molecular weight excluding hydrogens is 380 g/mol. The van der Waals surface area contributed by atoms with Crippen molar-refractivity contribution in [1.82, 2.24) is 9.80 Å². The predicted molar refractivity (Wildman–Crippen MR) is 115 cm³/mol. The summed E-state index contributed by atoms with van der Waals surface area (Å²) in [7, 11) is 0. The van der Waals surface area contributed by atoms with E-state index >= 15 is 0 Å². The van der Waals surface area contributed by atoms with Crippen LogP contribution in [0.25, 0.3) is 0 Å². The van der Waals surface area contributed by atoms with Gasteiger partial charge in [0, 0.05) is 44.9 Å². The summed E-state index contributed by atoms with van der Waals surface area (Å²) in [4.78, 5) is 29.6. The number of aryl methyl sites for hydroxylation is 1. The Morgan fingerprint density at radius 1 is 0.833 bits per heavy atom. The van der Waals surface area contributed by atoms with Crippen LogP contribution < -0.4 is 9.47 Å². The zero-order valence-corrected chi connectivity index (χ0v) is 17.9. The smallest absolute Gasteiger partial charge is 0.225 e. The van der Waals surface area contributed by atoms with Crippen molar-refractivity contribution < 1.29 is 19.1 Å². The molecule has 2 fully saturated rings. The molecule has 164 valence electrons. The average molecular weight is 415 g/mol. The van der Waals surface area contributed by atoms with Gasteiger partial charge in [0.1, 0.15) is 0 Å². The summed E-state index contributed by atoms with van der Waals surface area (Å²) in [5.74, 6) is 2.16. The van der Waals surface area contributed by atoms with Gasteiger partial charge < -0.3 is 19.3 Å². The van der Waals surface area contributed by atoms with Gasteiger partial charge >= 0.3 is 0 Å². The van der Waals surface area contributed by atoms with Gasteiger partial charge in [0.25, 0.3) is 0 Å². The van der Waals surface area contributed by atoms with E-state index in [1.807, 2.05) is 23.1 Å². The van der Waals surface area contributed by atoms with Crippen LogP contribution in [0, 0.1) is 5.92 Å². The molecule has 0 radical (unpaired) electrons. The molecule has 0 aromatic heterocycles. The molecule has 1 aromatic carbocycles. The Kier molecular flexibility index (Phi) is 7.13. The van der Waals surface area contributed by atoms with E-state index in [-0.39, 0.29) is 11.8 Å². The molecule has 3 heterocycles. The zero-order chi connectivity index (χ0) is 20.8. The number of benzene rings is 1. The topological polar surface area (TPSA) is 59.1 Å². The molecule has 6 heteroatoms. The summed E-state index contributed by atoms with van der Waals surface area (Å²) in [5.41, 5.74) is 1.10. The number of carbonyl (C=O) groups excluding carboxylic acids is 2. The van der Waals surface area contributed by atoms with Crippen LogP contribution in [0.4, 0.5) is 0 Å². The number of likely N-dealkylation sites (tertiary alicyclic amines) is 2. The maximum absolute atomic E-state index is 12.8. The molecule has 0 saturated carbocycles. The zero-order valence-electron chi connectivity index (χ0n) is 17.9. The lowest BCUT2D eigenvalue weighted by Crippen LogP contribution is -2.44. The fraction of sp³-hybridized carbons (Fsp3) is 0.667. The second kappa shape index (κ2) is 10.2. The number of amides is 2. The van der Waals surface area contributed by atoms with Crippen molar-refractivity contribution in [3.05, 3.63) is 23.8 Å². The first-order valence-electron chi connectivity index (χ1n) is 11.7. The van der Waals surface area contributed by atoms with Crippen LogP contribution in [-0.4, -0.2) is 61.0 Å². The molecule has 3 aliphatic rings. The summed E-state index contributed by atoms with van der Waals surface area (Å²) in [5, 5.41) is 0. The molecule has 0 spiro atoms. The number of rotatable bonds is 4. The largest absolute Gasteiger partial charge is 0.490 e. The third-order valence-electron chi connectivity index (χ3n) is 6.55. The van der Waals surface area contributed by atoms with Gasteiger partial charge in [0.05, 0.1) is 13.2 Å². The van der Waals surface area contributed by atoms with Crippen molar-refractivity contribution >= 4 is 11.8 Å². The Bertz CT molecular complexity index is 735. The van der Waals surface area contributed by atoms with Gasteiger partial charge in [-0.1, -0.05) is 18.9 Å². The summed E-state index contributed by atoms with van der Waals surface area (Å²) < 4.78 is 11.4. The summed E-state index contributed by atoms with van der Waals surface area (Å²) in [6.45, 7) is 4.57. The van der Waals surface area contributed by atoms with Crippen LogP contribution in [0.3, 0.4) is 0 Å². The lowest BCUT2D eigenvalue weighted by molar-refractivity contribution is -0.140. The van der Waals surface area contributed by atoms with Gasteiger partial charge in [0.15, 0.2) is 11.5 Å². The SMILES string of the molecule is O=C(CCc1ccc2c(c1)OCCCO2)N1CCC(C(=O)N2CCCCCC2)CC1. The molecule has 2 saturated heterocycles. The van der Waals surface area contributed by atoms with Crippen molar-refractivity contribution in [1.29, 1.82) is 0 Å². The molecule has 0 N–H and O–H groups in total. The van der Waals surface area contributed by atoms with Crippen LogP contribution in [0.1, 0.15) is 56.9 Å². The summed E-state index contributed by atoms with van der Waals surface area (Å²) in [6.07, 6.45) is 8.40. The highest BCUT2D eigenvalue weighted by Gasteiger charge is 2.30. The summed E-state index contributed by atoms with van der Waals surface area (Å²) in [6, 6.07) is 5.97. The molecule has 0 bridgehead atoms. The van der Waals surface area contributed by atoms with Gasteiger partial charge in [0.2, 0.25) is 11.8 Å². The standard InChI is InChI=1S/C24H34N2O4/c27-23(9-7-19-6-8-21-22(18-19)30-17-5-16-29-21)25-14-10-20(11-15-25)24(28)26-12-3-1-2-4-13-26/h6,8,18,20H,1-5,7,9-17H2. The number of piperidine rings is 1. The molecular formula is C24H34N2O4. The molecule has 0 atom stereocenters. The third-order valence-corrected chi connectivity index (χ3v) is 6.55. The van der Waals surface area contributed by atoms with Gasteiger partial charge in [-0.2, -0.15) is 0 Å². The first kappa shape index (κ1) is 21.0. The van der Waals surface area contributed by atoms with Crippen LogP contribution in [-0.2, 0) is 16.0 Å². The molecule has 3 aliphatic heterocycles. The fourth-order valence-electron chi connectivity index (χ4n) is 4.70. The summed E-state index contributed by atoms with van der Waals surface area (Å²) >= 11 is 0. The Morgan fingerprint density at radius 3 is 2.27 bits per heavy atom. The van der Waals surface area contributed by atoms with E-state index in [0.29, 0.717) is 45.1 Å². The van der Waals surface area contributed by atoms with Crippen molar-refractivity contribution in [2.45, 2.75) is 57.8 Å². The molecule has 2 amide bonds. The Morgan fingerprint density at radius 2 is 1.53 bits per heavy atom. The monoisotopic (exact) mass is 414 g/mol. The maximum atomic E-state index is 12.8. The molecule has 0 aliphatic carbocycles. The quantitative estimate of drug-likeness (QED) is 0.758. The van der Waals surface area contributed by atoms with E-state index in [4.69, 9.17) is 9.47 Å². The minimum atomic E-state index is 0.0916. The molecule has 30 heavy (non-hydrogen) atoms. The molecule has 0 unspecified atom stereocenters. The van der Waals surface area contributed by atoms with E-state index < -0.39 is 0 Å². The minimum absolute atomic E-state index is 0.0916. The Labute approximate surface area is 179 Å². The van der Waals surface area contributed by atoms with Gasteiger partial charge in [-0.05, 0) is 49.8 Å². The number of carbonyl (C=O) groups is 2. The van der Waals surface area contributed by atoms with Gasteiger partial charge in [-0.3, -0.25) is 9.59 Å². The highest BCUT2D eigenvalue weighted by Crippen LogP contribution is 2.31. The second-order valence-corrected chi connectivity index (χ2v) is 8.73. The van der Waals surface area contributed by atoms with Crippen molar-refractivity contribution in [3.8, 4) is 11.5 Å². The first-order chi connectivity index (χ1) is 14.7. The van der Waals surface area contributed by atoms with Crippen molar-refractivity contribution in [3.63, 3.8) is 0 Å². The van der Waals surface area contributed by atoms with Crippen LogP contribution in [0.2, 0.25) is 0 Å². The Hall–Kier alpha value is -2.24. The van der Waals surface area contributed by atoms with Gasteiger partial charge in [-0.25, -0.2) is 0 Å². The lowest BCUT2D eigenvalue weighted by Gasteiger charge is -2.34. The van der Waals surface area contributed by atoms with E-state index in [1.54, 1.807) is 0 Å². The third kappa shape index (κ3) is 5.27. The van der Waals surface area contributed by atoms with E-state index in [9.17, 15) is 9.59 Å². The van der Waals surface area contributed by atoms with Gasteiger partial charge in [-0.15, -0.1) is 0 Å². The van der Waals surface area contributed by atoms with E-state index in [2.05, 4.69) is 4.90 Å². The number of hydrogen-bond acceptors (Lipinski definition) is 4. The normalized spacial score (nSPS) is 20.4. The highest BCUT2D eigenvalue weighted by atomic mass is 16.5. The van der Waals surface area contributed by atoms with Crippen LogP contribution in [0.5, 0.6) is 11.5 Å². The maximum Gasteiger partial charge on any atom is 0.225 e. The number of ether oxygens (including phenoxy) is 2. The number of fused-ring (bicyclic) bond motifs is 1. The van der Waals surface area contributed by atoms with Crippen molar-refractivity contribution in [2.75, 3.05) is 39.4 Å². The minimum Gasteiger partial charge on any atom is -0.490 e. The molecule has 1 aromatic rings. The number of nitrogens with zero attached hydrogens (tertiary/aromatic N) is 2. The molecule has 4 rings (SSSR count). The van der Waals surface area contributed by atoms with Crippen LogP contribution >= 0.6 is 0 Å². The lowest BCUT2D eigenvalue weighted by atomic mass is 9.94. The average Bonchev–Trinajstić information content (AvgIpc) is 3.20.